The number of ether oxygens (including phenoxy) is 1. The third kappa shape index (κ3) is 1.93. The van der Waals surface area contributed by atoms with E-state index in [-0.39, 0.29) is 0 Å². The van der Waals surface area contributed by atoms with Crippen molar-refractivity contribution in [1.29, 1.82) is 0 Å². The monoisotopic (exact) mass is 139 g/mol. The van der Waals surface area contributed by atoms with Crippen LogP contribution in [0.2, 0.25) is 0 Å². The van der Waals surface area contributed by atoms with Crippen molar-refractivity contribution in [2.45, 2.75) is 0 Å². The van der Waals surface area contributed by atoms with Gasteiger partial charge < -0.3 is 10.1 Å². The summed E-state index contributed by atoms with van der Waals surface area (Å²) in [6.45, 7) is 1.08. The van der Waals surface area contributed by atoms with Gasteiger partial charge >= 0.3 is 0 Å². The van der Waals surface area contributed by atoms with Gasteiger partial charge in [-0.3, -0.25) is 4.79 Å². The zero-order valence-electron chi connectivity index (χ0n) is 5.54. The molecule has 1 heterocycles. The van der Waals surface area contributed by atoms with Crippen molar-refractivity contribution in [2.75, 3.05) is 13.2 Å². The van der Waals surface area contributed by atoms with E-state index in [1.165, 1.54) is 0 Å². The summed E-state index contributed by atoms with van der Waals surface area (Å²) < 4.78 is 5.13. The van der Waals surface area contributed by atoms with Crippen LogP contribution in [0.4, 0.5) is 0 Å². The molecule has 0 saturated carbocycles. The number of carbonyl (C=O) groups excluding carboxylic acids is 1. The largest absolute Gasteiger partial charge is 0.492 e. The van der Waals surface area contributed by atoms with Gasteiger partial charge in [0.15, 0.2) is 0 Å². The van der Waals surface area contributed by atoms with Gasteiger partial charge in [0.2, 0.25) is 6.41 Å². The molecule has 0 radical (unpaired) electrons. The fraction of sp³-hybridized carbons (Fsp3) is 0.286. The maximum Gasteiger partial charge on any atom is 0.207 e. The van der Waals surface area contributed by atoms with Crippen molar-refractivity contribution in [3.05, 3.63) is 24.0 Å². The number of allylic oxidation sites excluding steroid dienone is 2. The maximum atomic E-state index is 9.84. The Morgan fingerprint density at radius 2 is 2.70 bits per heavy atom. The molecule has 0 atom stereocenters. The molecule has 10 heavy (non-hydrogen) atoms. The fourth-order valence-corrected chi connectivity index (χ4v) is 0.686. The molecular formula is C7H9NO2. The summed E-state index contributed by atoms with van der Waals surface area (Å²) in [7, 11) is 0. The summed E-state index contributed by atoms with van der Waals surface area (Å²) in [5.74, 6) is 0.801. The summed E-state index contributed by atoms with van der Waals surface area (Å²) in [5.41, 5.74) is 0. The molecule has 1 aliphatic heterocycles. The zero-order chi connectivity index (χ0) is 7.23. The molecule has 3 heteroatoms. The van der Waals surface area contributed by atoms with Gasteiger partial charge in [0.1, 0.15) is 12.4 Å². The molecule has 0 bridgehead atoms. The molecule has 3 nitrogen and oxygen atoms in total. The maximum absolute atomic E-state index is 9.84. The Bertz CT molecular complexity index is 172. The number of hydrogen-bond donors (Lipinski definition) is 1. The van der Waals surface area contributed by atoms with Crippen LogP contribution in [0.1, 0.15) is 0 Å². The molecule has 0 aliphatic carbocycles. The van der Waals surface area contributed by atoms with Crippen LogP contribution in [0, 0.1) is 0 Å². The zero-order valence-corrected chi connectivity index (χ0v) is 5.54. The summed E-state index contributed by atoms with van der Waals surface area (Å²) in [6.07, 6.45) is 6.30. The standard InChI is InChI=1S/C7H9NO2/c9-6-8-5-7-3-1-2-4-10-7/h1-3,6H,4-5H2,(H,8,9). The van der Waals surface area contributed by atoms with E-state index in [0.29, 0.717) is 19.6 Å². The van der Waals surface area contributed by atoms with Crippen molar-refractivity contribution >= 4 is 6.41 Å². The molecule has 0 spiro atoms. The first-order valence-electron chi connectivity index (χ1n) is 3.09. The molecule has 1 aliphatic rings. The van der Waals surface area contributed by atoms with E-state index < -0.39 is 0 Å². The van der Waals surface area contributed by atoms with E-state index in [1.54, 1.807) is 0 Å². The lowest BCUT2D eigenvalue weighted by atomic mass is 10.3. The van der Waals surface area contributed by atoms with E-state index in [0.717, 1.165) is 5.76 Å². The normalized spacial score (nSPS) is 15.4. The Morgan fingerprint density at radius 1 is 1.80 bits per heavy atom. The summed E-state index contributed by atoms with van der Waals surface area (Å²) >= 11 is 0. The molecular weight excluding hydrogens is 130 g/mol. The van der Waals surface area contributed by atoms with Gasteiger partial charge in [-0.05, 0) is 12.2 Å². The molecule has 0 aromatic heterocycles. The lowest BCUT2D eigenvalue weighted by Gasteiger charge is -2.09. The van der Waals surface area contributed by atoms with Crippen LogP contribution < -0.4 is 5.32 Å². The van der Waals surface area contributed by atoms with Gasteiger partial charge in [-0.1, -0.05) is 6.08 Å². The Hall–Kier alpha value is -1.25. The van der Waals surface area contributed by atoms with Crippen LogP contribution in [0.25, 0.3) is 0 Å². The molecule has 54 valence electrons. The highest BCUT2D eigenvalue weighted by molar-refractivity contribution is 5.46. The Morgan fingerprint density at radius 3 is 3.30 bits per heavy atom. The van der Waals surface area contributed by atoms with Crippen LogP contribution in [-0.4, -0.2) is 19.6 Å². The number of hydrogen-bond acceptors (Lipinski definition) is 2. The van der Waals surface area contributed by atoms with Crippen molar-refractivity contribution in [3.63, 3.8) is 0 Å². The smallest absolute Gasteiger partial charge is 0.207 e. The summed E-state index contributed by atoms with van der Waals surface area (Å²) in [6, 6.07) is 0. The third-order valence-electron chi connectivity index (χ3n) is 1.14. The minimum absolute atomic E-state index is 0.480. The molecule has 1 N–H and O–H groups in total. The lowest BCUT2D eigenvalue weighted by Crippen LogP contribution is -2.16. The van der Waals surface area contributed by atoms with E-state index in [2.05, 4.69) is 5.32 Å². The van der Waals surface area contributed by atoms with Crippen LogP contribution in [0.5, 0.6) is 0 Å². The predicted octanol–water partition coefficient (Wildman–Crippen LogP) is 0.203. The SMILES string of the molecule is O=CNCC1=CC=CCO1. The minimum Gasteiger partial charge on any atom is -0.492 e. The fourth-order valence-electron chi connectivity index (χ4n) is 0.686. The number of nitrogens with one attached hydrogen (secondary N) is 1. The van der Waals surface area contributed by atoms with E-state index in [1.807, 2.05) is 18.2 Å². The minimum atomic E-state index is 0.480. The first-order valence-corrected chi connectivity index (χ1v) is 3.09. The lowest BCUT2D eigenvalue weighted by molar-refractivity contribution is -0.109. The van der Waals surface area contributed by atoms with Gasteiger partial charge in [0.25, 0.3) is 0 Å². The van der Waals surface area contributed by atoms with E-state index in [4.69, 9.17) is 4.74 Å². The Labute approximate surface area is 59.4 Å². The van der Waals surface area contributed by atoms with Crippen molar-refractivity contribution in [1.82, 2.24) is 5.32 Å². The van der Waals surface area contributed by atoms with Crippen LogP contribution >= 0.6 is 0 Å². The van der Waals surface area contributed by atoms with Gasteiger partial charge in [-0.25, -0.2) is 0 Å². The summed E-state index contributed by atoms with van der Waals surface area (Å²) in [5, 5.41) is 2.51. The Balaban J connectivity index is 2.32. The first-order chi connectivity index (χ1) is 4.93. The molecule has 1 amide bonds. The van der Waals surface area contributed by atoms with Crippen molar-refractivity contribution < 1.29 is 9.53 Å². The average molecular weight is 139 g/mol. The van der Waals surface area contributed by atoms with Crippen molar-refractivity contribution in [3.8, 4) is 0 Å². The topological polar surface area (TPSA) is 38.3 Å². The molecule has 1 rings (SSSR count). The van der Waals surface area contributed by atoms with Gasteiger partial charge in [0.05, 0.1) is 6.54 Å². The van der Waals surface area contributed by atoms with Gasteiger partial charge in [-0.2, -0.15) is 0 Å². The quantitative estimate of drug-likeness (QED) is 0.567. The second kappa shape index (κ2) is 3.71. The molecule has 0 fully saturated rings. The molecule has 0 saturated heterocycles. The highest BCUT2D eigenvalue weighted by Crippen LogP contribution is 2.00. The first kappa shape index (κ1) is 6.86. The molecule has 0 aromatic rings. The number of carbonyl (C=O) groups is 1. The molecule has 0 unspecified atom stereocenters. The second-order valence-electron chi connectivity index (χ2n) is 1.87. The summed E-state index contributed by atoms with van der Waals surface area (Å²) in [4.78, 5) is 9.84. The van der Waals surface area contributed by atoms with Crippen LogP contribution in [0.15, 0.2) is 24.0 Å². The van der Waals surface area contributed by atoms with E-state index >= 15 is 0 Å². The number of amides is 1. The number of rotatable bonds is 3. The van der Waals surface area contributed by atoms with Gasteiger partial charge in [-0.15, -0.1) is 0 Å². The second-order valence-corrected chi connectivity index (χ2v) is 1.87. The third-order valence-corrected chi connectivity index (χ3v) is 1.14. The predicted molar refractivity (Wildman–Crippen MR) is 37.2 cm³/mol. The van der Waals surface area contributed by atoms with Crippen LogP contribution in [-0.2, 0) is 9.53 Å². The van der Waals surface area contributed by atoms with E-state index in [9.17, 15) is 4.79 Å². The highest BCUT2D eigenvalue weighted by Gasteiger charge is 1.96. The Kier molecular flexibility index (Phi) is 2.55. The highest BCUT2D eigenvalue weighted by atomic mass is 16.5. The average Bonchev–Trinajstić information content (AvgIpc) is 2.03. The van der Waals surface area contributed by atoms with Crippen LogP contribution in [0.3, 0.4) is 0 Å². The van der Waals surface area contributed by atoms with Gasteiger partial charge in [0, 0.05) is 0 Å². The van der Waals surface area contributed by atoms with Crippen molar-refractivity contribution in [2.24, 2.45) is 0 Å². The molecule has 0 aromatic carbocycles.